The molecular weight excluding hydrogens is 160 g/mol. The summed E-state index contributed by atoms with van der Waals surface area (Å²) in [6.45, 7) is 2.18. The first-order valence-electron chi connectivity index (χ1n) is 3.76. The second-order valence-corrected chi connectivity index (χ2v) is 3.52. The van der Waals surface area contributed by atoms with Gasteiger partial charge in [0.15, 0.2) is 5.13 Å². The Kier molecular flexibility index (Phi) is 1.69. The Morgan fingerprint density at radius 2 is 2.18 bits per heavy atom. The van der Waals surface area contributed by atoms with E-state index in [9.17, 15) is 0 Å². The van der Waals surface area contributed by atoms with E-state index in [4.69, 9.17) is 5.11 Å². The molecule has 0 radical (unpaired) electrons. The van der Waals surface area contributed by atoms with Gasteiger partial charge in [-0.15, -0.1) is 11.3 Å². The molecule has 1 aliphatic heterocycles. The third-order valence-electron chi connectivity index (χ3n) is 1.86. The normalized spacial score (nSPS) is 17.6. The zero-order valence-corrected chi connectivity index (χ0v) is 6.97. The number of hydrogen-bond donors (Lipinski definition) is 1. The molecule has 60 valence electrons. The molecule has 1 aliphatic rings. The van der Waals surface area contributed by atoms with Crippen molar-refractivity contribution in [3.05, 3.63) is 5.38 Å². The molecule has 0 aliphatic carbocycles. The quantitative estimate of drug-likeness (QED) is 0.693. The Morgan fingerprint density at radius 3 is 2.73 bits per heavy atom. The second-order valence-electron chi connectivity index (χ2n) is 2.68. The summed E-state index contributed by atoms with van der Waals surface area (Å²) in [6, 6.07) is 0. The lowest BCUT2D eigenvalue weighted by atomic mass is 10.4. The molecule has 4 heteroatoms. The Labute approximate surface area is 69.3 Å². The topological polar surface area (TPSA) is 36.4 Å². The lowest BCUT2D eigenvalue weighted by molar-refractivity contribution is 0.457. The minimum Gasteiger partial charge on any atom is -0.493 e. The average Bonchev–Trinajstić information content (AvgIpc) is 2.55. The molecular formula is C7H10N2OS. The summed E-state index contributed by atoms with van der Waals surface area (Å²) in [5.74, 6) is 0.150. The highest BCUT2D eigenvalue weighted by Crippen LogP contribution is 2.26. The number of thiazole rings is 1. The van der Waals surface area contributed by atoms with Gasteiger partial charge < -0.3 is 10.0 Å². The Balaban J connectivity index is 2.15. The molecule has 2 heterocycles. The highest BCUT2D eigenvalue weighted by atomic mass is 32.1. The molecule has 2 rings (SSSR count). The van der Waals surface area contributed by atoms with Crippen molar-refractivity contribution in [3.63, 3.8) is 0 Å². The molecule has 11 heavy (non-hydrogen) atoms. The first-order valence-corrected chi connectivity index (χ1v) is 4.64. The number of nitrogens with zero attached hydrogens (tertiary/aromatic N) is 2. The number of rotatable bonds is 1. The van der Waals surface area contributed by atoms with E-state index in [-0.39, 0.29) is 5.88 Å². The van der Waals surface area contributed by atoms with Crippen LogP contribution in [-0.4, -0.2) is 23.2 Å². The average molecular weight is 170 g/mol. The van der Waals surface area contributed by atoms with Gasteiger partial charge in [0.1, 0.15) is 0 Å². The van der Waals surface area contributed by atoms with Crippen molar-refractivity contribution in [2.75, 3.05) is 18.0 Å². The van der Waals surface area contributed by atoms with Gasteiger partial charge in [-0.1, -0.05) is 0 Å². The van der Waals surface area contributed by atoms with Crippen molar-refractivity contribution >= 4 is 16.5 Å². The van der Waals surface area contributed by atoms with Gasteiger partial charge in [-0.25, -0.2) is 0 Å². The van der Waals surface area contributed by atoms with Gasteiger partial charge in [-0.05, 0) is 12.8 Å². The summed E-state index contributed by atoms with van der Waals surface area (Å²) in [6.07, 6.45) is 2.50. The van der Waals surface area contributed by atoms with Gasteiger partial charge in [-0.3, -0.25) is 0 Å². The molecule has 0 atom stereocenters. The van der Waals surface area contributed by atoms with E-state index in [0.29, 0.717) is 0 Å². The molecule has 0 spiro atoms. The number of aromatic hydroxyl groups is 1. The van der Waals surface area contributed by atoms with Crippen molar-refractivity contribution in [1.82, 2.24) is 4.98 Å². The standard InChI is InChI=1S/C7H10N2OS/c10-6-5-11-7(8-6)9-3-1-2-4-9/h5,10H,1-4H2. The van der Waals surface area contributed by atoms with Crippen LogP contribution in [0.25, 0.3) is 0 Å². The molecule has 0 saturated carbocycles. The highest BCUT2D eigenvalue weighted by Gasteiger charge is 2.14. The third kappa shape index (κ3) is 1.30. The first-order chi connectivity index (χ1) is 5.36. The lowest BCUT2D eigenvalue weighted by Gasteiger charge is -2.11. The minimum atomic E-state index is 0.150. The van der Waals surface area contributed by atoms with Crippen LogP contribution in [0.1, 0.15) is 12.8 Å². The third-order valence-corrected chi connectivity index (χ3v) is 2.75. The van der Waals surface area contributed by atoms with Gasteiger partial charge in [0.25, 0.3) is 0 Å². The molecule has 1 saturated heterocycles. The zero-order chi connectivity index (χ0) is 7.68. The number of anilines is 1. The summed E-state index contributed by atoms with van der Waals surface area (Å²) in [7, 11) is 0. The van der Waals surface area contributed by atoms with Gasteiger partial charge in [0.2, 0.25) is 5.88 Å². The molecule has 1 fully saturated rings. The van der Waals surface area contributed by atoms with Gasteiger partial charge in [-0.2, -0.15) is 4.98 Å². The smallest absolute Gasteiger partial charge is 0.223 e. The van der Waals surface area contributed by atoms with Crippen molar-refractivity contribution < 1.29 is 5.11 Å². The number of hydrogen-bond acceptors (Lipinski definition) is 4. The maximum atomic E-state index is 8.99. The molecule has 1 N–H and O–H groups in total. The summed E-state index contributed by atoms with van der Waals surface area (Å²) < 4.78 is 0. The van der Waals surface area contributed by atoms with E-state index in [1.54, 1.807) is 5.38 Å². The molecule has 0 bridgehead atoms. The minimum absolute atomic E-state index is 0.150. The predicted octanol–water partition coefficient (Wildman–Crippen LogP) is 1.45. The number of aromatic nitrogens is 1. The molecule has 0 amide bonds. The van der Waals surface area contributed by atoms with Crippen molar-refractivity contribution in [3.8, 4) is 5.88 Å². The fraction of sp³-hybridized carbons (Fsp3) is 0.571. The summed E-state index contributed by atoms with van der Waals surface area (Å²) in [5, 5.41) is 11.6. The van der Waals surface area contributed by atoms with Crippen LogP contribution in [0.4, 0.5) is 5.13 Å². The molecule has 0 aromatic carbocycles. The monoisotopic (exact) mass is 170 g/mol. The van der Waals surface area contributed by atoms with E-state index in [1.807, 2.05) is 0 Å². The zero-order valence-electron chi connectivity index (χ0n) is 6.16. The summed E-state index contributed by atoms with van der Waals surface area (Å²) in [5.41, 5.74) is 0. The highest BCUT2D eigenvalue weighted by molar-refractivity contribution is 7.13. The summed E-state index contributed by atoms with van der Waals surface area (Å²) in [4.78, 5) is 6.21. The van der Waals surface area contributed by atoms with Crippen LogP contribution < -0.4 is 4.90 Å². The van der Waals surface area contributed by atoms with E-state index in [2.05, 4.69) is 9.88 Å². The molecule has 0 unspecified atom stereocenters. The van der Waals surface area contributed by atoms with E-state index < -0.39 is 0 Å². The van der Waals surface area contributed by atoms with Crippen LogP contribution in [0.3, 0.4) is 0 Å². The van der Waals surface area contributed by atoms with Crippen LogP contribution in [0.5, 0.6) is 5.88 Å². The maximum absolute atomic E-state index is 8.99. The SMILES string of the molecule is Oc1csc(N2CCCC2)n1. The van der Waals surface area contributed by atoms with Gasteiger partial charge >= 0.3 is 0 Å². The lowest BCUT2D eigenvalue weighted by Crippen LogP contribution is -2.16. The Morgan fingerprint density at radius 1 is 1.45 bits per heavy atom. The van der Waals surface area contributed by atoms with Crippen LogP contribution in [-0.2, 0) is 0 Å². The van der Waals surface area contributed by atoms with Crippen LogP contribution in [0.15, 0.2) is 5.38 Å². The Hall–Kier alpha value is -0.770. The van der Waals surface area contributed by atoms with Crippen LogP contribution in [0, 0.1) is 0 Å². The van der Waals surface area contributed by atoms with Crippen molar-refractivity contribution in [2.24, 2.45) is 0 Å². The molecule has 1 aromatic rings. The van der Waals surface area contributed by atoms with E-state index in [0.717, 1.165) is 18.2 Å². The second kappa shape index (κ2) is 2.70. The van der Waals surface area contributed by atoms with Crippen LogP contribution in [0.2, 0.25) is 0 Å². The Bertz CT molecular complexity index is 242. The van der Waals surface area contributed by atoms with Gasteiger partial charge in [0.05, 0.1) is 5.38 Å². The van der Waals surface area contributed by atoms with E-state index >= 15 is 0 Å². The van der Waals surface area contributed by atoms with E-state index in [1.165, 1.54) is 24.2 Å². The molecule has 3 nitrogen and oxygen atoms in total. The predicted molar refractivity (Wildman–Crippen MR) is 45.2 cm³/mol. The van der Waals surface area contributed by atoms with Crippen molar-refractivity contribution in [2.45, 2.75) is 12.8 Å². The van der Waals surface area contributed by atoms with Crippen LogP contribution >= 0.6 is 11.3 Å². The van der Waals surface area contributed by atoms with Crippen molar-refractivity contribution in [1.29, 1.82) is 0 Å². The largest absolute Gasteiger partial charge is 0.493 e. The molecule has 1 aromatic heterocycles. The first kappa shape index (κ1) is 6.91. The fourth-order valence-electron chi connectivity index (χ4n) is 1.31. The fourth-order valence-corrected chi connectivity index (χ4v) is 2.05. The van der Waals surface area contributed by atoms with Gasteiger partial charge in [0, 0.05) is 13.1 Å². The summed E-state index contributed by atoms with van der Waals surface area (Å²) >= 11 is 1.51. The maximum Gasteiger partial charge on any atom is 0.223 e.